The van der Waals surface area contributed by atoms with Gasteiger partial charge in [0.05, 0.1) is 37.9 Å². The Labute approximate surface area is 307 Å². The van der Waals surface area contributed by atoms with Gasteiger partial charge in [-0.15, -0.1) is 0 Å². The van der Waals surface area contributed by atoms with E-state index in [1.54, 1.807) is 0 Å². The highest BCUT2D eigenvalue weighted by molar-refractivity contribution is 7.47. The summed E-state index contributed by atoms with van der Waals surface area (Å²) >= 11 is 0. The zero-order chi connectivity index (χ0) is 37.0. The number of nitrogens with two attached hydrogens (primary N) is 1. The maximum atomic E-state index is 12.8. The Morgan fingerprint density at radius 2 is 1.08 bits per heavy atom. The van der Waals surface area contributed by atoms with Gasteiger partial charge in [0.1, 0.15) is 0 Å². The number of rotatable bonds is 39. The van der Waals surface area contributed by atoms with Crippen molar-refractivity contribution in [2.75, 3.05) is 19.8 Å². The second kappa shape index (κ2) is 36.6. The number of carbonyl (C=O) groups is 1. The van der Waals surface area contributed by atoms with Crippen LogP contribution in [0.2, 0.25) is 0 Å². The van der Waals surface area contributed by atoms with Crippen molar-refractivity contribution in [3.8, 4) is 0 Å². The molecule has 0 saturated carbocycles. The number of hydrogen-bond acceptors (Lipinski definition) is 7. The van der Waals surface area contributed by atoms with E-state index >= 15 is 0 Å². The number of phosphoric ester groups is 1. The molecule has 0 heterocycles. The van der Waals surface area contributed by atoms with Crippen molar-refractivity contribution in [3.05, 3.63) is 12.2 Å². The van der Waals surface area contributed by atoms with Gasteiger partial charge in [-0.2, -0.15) is 0 Å². The van der Waals surface area contributed by atoms with Gasteiger partial charge >= 0.3 is 7.82 Å². The minimum absolute atomic E-state index is 0.0594. The lowest BCUT2D eigenvalue weighted by Crippen LogP contribution is -2.47. The molecule has 9 nitrogen and oxygen atoms in total. The molecular weight excluding hydrogens is 651 g/mol. The van der Waals surface area contributed by atoms with E-state index < -0.39 is 32.0 Å². The first kappa shape index (κ1) is 49.2. The third kappa shape index (κ3) is 34.3. The van der Waals surface area contributed by atoms with E-state index in [-0.39, 0.29) is 26.2 Å². The molecule has 0 spiro atoms. The Balaban J connectivity index is 4.13. The van der Waals surface area contributed by atoms with Gasteiger partial charge in [-0.05, 0) is 38.5 Å². The highest BCUT2D eigenvalue weighted by Gasteiger charge is 2.28. The molecule has 0 aromatic rings. The summed E-state index contributed by atoms with van der Waals surface area (Å²) in [5.41, 5.74) is 5.34. The lowest BCUT2D eigenvalue weighted by molar-refractivity contribution is -0.125. The molecule has 4 atom stereocenters. The van der Waals surface area contributed by atoms with Crippen LogP contribution in [-0.2, 0) is 18.4 Å². The van der Waals surface area contributed by atoms with Crippen molar-refractivity contribution in [3.63, 3.8) is 0 Å². The number of phosphoric acid groups is 1. The zero-order valence-electron chi connectivity index (χ0n) is 32.5. The summed E-state index contributed by atoms with van der Waals surface area (Å²) in [7, 11) is -4.36. The first-order valence-electron chi connectivity index (χ1n) is 20.9. The Bertz CT molecular complexity index is 817. The van der Waals surface area contributed by atoms with Gasteiger partial charge in [0.25, 0.3) is 0 Å². The third-order valence-electron chi connectivity index (χ3n) is 9.42. The van der Waals surface area contributed by atoms with Gasteiger partial charge in [0.15, 0.2) is 0 Å². The summed E-state index contributed by atoms with van der Waals surface area (Å²) in [5.74, 6) is -0.420. The molecule has 0 fully saturated rings. The maximum Gasteiger partial charge on any atom is 0.472 e. The molecule has 0 radical (unpaired) electrons. The van der Waals surface area contributed by atoms with Crippen LogP contribution < -0.4 is 11.1 Å². The van der Waals surface area contributed by atoms with E-state index in [1.165, 1.54) is 122 Å². The number of unbranched alkanes of at least 4 members (excludes halogenated alkanes) is 23. The number of carbonyl (C=O) groups excluding carboxylic acids is 1. The van der Waals surface area contributed by atoms with Crippen molar-refractivity contribution >= 4 is 13.7 Å². The molecule has 0 aliphatic heterocycles. The van der Waals surface area contributed by atoms with E-state index in [0.717, 1.165) is 44.9 Å². The van der Waals surface area contributed by atoms with Crippen molar-refractivity contribution in [2.45, 2.75) is 218 Å². The Morgan fingerprint density at radius 1 is 0.660 bits per heavy atom. The van der Waals surface area contributed by atoms with Crippen LogP contribution in [0, 0.1) is 0 Å². The van der Waals surface area contributed by atoms with Crippen molar-refractivity contribution in [1.29, 1.82) is 0 Å². The molecule has 4 unspecified atom stereocenters. The van der Waals surface area contributed by atoms with E-state index in [1.807, 2.05) is 0 Å². The molecular formula is C40H81N2O7P. The van der Waals surface area contributed by atoms with Crippen LogP contribution in [0.4, 0.5) is 0 Å². The van der Waals surface area contributed by atoms with Crippen molar-refractivity contribution < 1.29 is 33.5 Å². The van der Waals surface area contributed by atoms with E-state index in [9.17, 15) is 24.5 Å². The number of aliphatic hydroxyl groups is 2. The van der Waals surface area contributed by atoms with E-state index in [0.29, 0.717) is 12.8 Å². The van der Waals surface area contributed by atoms with E-state index in [2.05, 4.69) is 31.3 Å². The van der Waals surface area contributed by atoms with Gasteiger partial charge in [-0.3, -0.25) is 13.8 Å². The summed E-state index contributed by atoms with van der Waals surface area (Å²) in [6.45, 7) is 4.00. The molecule has 298 valence electrons. The quantitative estimate of drug-likeness (QED) is 0.0238. The third-order valence-corrected chi connectivity index (χ3v) is 10.4. The van der Waals surface area contributed by atoms with Gasteiger partial charge in [-0.1, -0.05) is 167 Å². The minimum atomic E-state index is -4.36. The molecule has 50 heavy (non-hydrogen) atoms. The molecule has 0 bridgehead atoms. The second-order valence-electron chi connectivity index (χ2n) is 14.4. The highest BCUT2D eigenvalue weighted by atomic mass is 31.2. The molecule has 0 aliphatic carbocycles. The second-order valence-corrected chi connectivity index (χ2v) is 15.8. The van der Waals surface area contributed by atoms with Crippen LogP contribution in [0.25, 0.3) is 0 Å². The molecule has 1 amide bonds. The maximum absolute atomic E-state index is 12.8. The number of aliphatic hydroxyl groups excluding tert-OH is 2. The van der Waals surface area contributed by atoms with Gasteiger partial charge < -0.3 is 26.2 Å². The molecule has 0 saturated heterocycles. The van der Waals surface area contributed by atoms with Gasteiger partial charge in [-0.25, -0.2) is 4.57 Å². The first-order valence-corrected chi connectivity index (χ1v) is 22.4. The molecule has 0 aromatic carbocycles. The Morgan fingerprint density at radius 3 is 1.54 bits per heavy atom. The Hall–Kier alpha value is -0.800. The normalized spacial score (nSPS) is 14.9. The first-order chi connectivity index (χ1) is 24.3. The van der Waals surface area contributed by atoms with Crippen LogP contribution in [0.3, 0.4) is 0 Å². The smallest absolute Gasteiger partial charge is 0.393 e. The number of amides is 1. The van der Waals surface area contributed by atoms with Crippen LogP contribution in [0.15, 0.2) is 12.2 Å². The van der Waals surface area contributed by atoms with Crippen LogP contribution in [0.5, 0.6) is 0 Å². The fourth-order valence-electron chi connectivity index (χ4n) is 6.23. The van der Waals surface area contributed by atoms with Crippen molar-refractivity contribution in [1.82, 2.24) is 5.32 Å². The van der Waals surface area contributed by atoms with Gasteiger partial charge in [0, 0.05) is 6.54 Å². The summed E-state index contributed by atoms with van der Waals surface area (Å²) in [5, 5.41) is 24.0. The average Bonchev–Trinajstić information content (AvgIpc) is 3.09. The molecule has 6 N–H and O–H groups in total. The summed E-state index contributed by atoms with van der Waals surface area (Å²) in [6, 6.07) is -0.894. The predicted molar refractivity (Wildman–Crippen MR) is 209 cm³/mol. The lowest BCUT2D eigenvalue weighted by Gasteiger charge is -2.25. The molecule has 0 aromatic heterocycles. The monoisotopic (exact) mass is 733 g/mol. The highest BCUT2D eigenvalue weighted by Crippen LogP contribution is 2.43. The van der Waals surface area contributed by atoms with Crippen LogP contribution in [0.1, 0.15) is 200 Å². The average molecular weight is 733 g/mol. The summed E-state index contributed by atoms with van der Waals surface area (Å²) in [4.78, 5) is 22.7. The molecule has 0 rings (SSSR count). The standard InChI is InChI=1S/C40H81N2O7P/c1-3-5-7-9-11-13-14-15-16-17-18-19-20-21-22-23-24-25-27-29-31-37(43)35-40(45)42-38(36-49-50(46,47)48-34-33-41)39(44)32-30-28-26-12-10-8-6-4-2/h20-21,37-39,43-44H,3-19,22-36,41H2,1-2H3,(H,42,45)(H,46,47)/b21-20-. The van der Waals surface area contributed by atoms with Crippen molar-refractivity contribution in [2.24, 2.45) is 5.73 Å². The van der Waals surface area contributed by atoms with E-state index in [4.69, 9.17) is 14.8 Å². The Kier molecular flexibility index (Phi) is 36.0. The summed E-state index contributed by atoms with van der Waals surface area (Å²) in [6.07, 6.45) is 35.6. The molecule has 0 aliphatic rings. The SMILES string of the molecule is CCCCCCCCCCCCC/C=C\CCCCCCCC(O)CC(=O)NC(COP(=O)(O)OCCN)C(O)CCCCCCCCCC. The number of hydrogen-bond donors (Lipinski definition) is 5. The summed E-state index contributed by atoms with van der Waals surface area (Å²) < 4.78 is 22.0. The van der Waals surface area contributed by atoms with Gasteiger partial charge in [0.2, 0.25) is 5.91 Å². The van der Waals surface area contributed by atoms with Crippen LogP contribution >= 0.6 is 7.82 Å². The molecule has 10 heteroatoms. The fraction of sp³-hybridized carbons (Fsp3) is 0.925. The largest absolute Gasteiger partial charge is 0.472 e. The fourth-order valence-corrected chi connectivity index (χ4v) is 6.99. The topological polar surface area (TPSA) is 151 Å². The predicted octanol–water partition coefficient (Wildman–Crippen LogP) is 10.2. The number of allylic oxidation sites excluding steroid dienone is 2. The minimum Gasteiger partial charge on any atom is -0.393 e. The lowest BCUT2D eigenvalue weighted by atomic mass is 10.0. The number of nitrogens with one attached hydrogen (secondary N) is 1. The zero-order valence-corrected chi connectivity index (χ0v) is 33.4. The van der Waals surface area contributed by atoms with Crippen LogP contribution in [-0.4, -0.2) is 59.0 Å².